The fourth-order valence-electron chi connectivity index (χ4n) is 3.20. The molecular weight excluding hydrogens is 264 g/mol. The Bertz CT molecular complexity index is 961. The molecule has 0 fully saturated rings. The van der Waals surface area contributed by atoms with Crippen molar-refractivity contribution < 1.29 is 0 Å². The molecule has 0 amide bonds. The molecule has 102 valence electrons. The van der Waals surface area contributed by atoms with Crippen molar-refractivity contribution in [1.82, 2.24) is 0 Å². The number of fused-ring (bicyclic) bond motifs is 2. The minimum absolute atomic E-state index is 0.978. The molecule has 22 heavy (non-hydrogen) atoms. The largest absolute Gasteiger partial charge is 0.115 e. The Morgan fingerprint density at radius 1 is 0.545 bits per heavy atom. The quantitative estimate of drug-likeness (QED) is 0.312. The van der Waals surface area contributed by atoms with Crippen LogP contribution in [0.15, 0.2) is 78.9 Å². The summed E-state index contributed by atoms with van der Waals surface area (Å²) >= 11 is 0. The predicted molar refractivity (Wildman–Crippen MR) is 94.8 cm³/mol. The van der Waals surface area contributed by atoms with Crippen LogP contribution in [0.25, 0.3) is 32.7 Å². The van der Waals surface area contributed by atoms with Gasteiger partial charge < -0.3 is 0 Å². The molecule has 0 atom stereocenters. The third-order valence-corrected chi connectivity index (χ3v) is 4.14. The summed E-state index contributed by atoms with van der Waals surface area (Å²) in [6, 6.07) is 27.3. The SMILES string of the molecule is C#Cc1c2ccccc2c(-c2ccccc2)c2ccccc12. The number of terminal acetylenes is 1. The van der Waals surface area contributed by atoms with Crippen LogP contribution >= 0.6 is 0 Å². The van der Waals surface area contributed by atoms with Crippen LogP contribution in [0.4, 0.5) is 0 Å². The molecule has 0 unspecified atom stereocenters. The first kappa shape index (κ1) is 12.7. The van der Waals surface area contributed by atoms with E-state index in [0.29, 0.717) is 0 Å². The highest BCUT2D eigenvalue weighted by atomic mass is 14.2. The molecule has 0 spiro atoms. The van der Waals surface area contributed by atoms with Gasteiger partial charge in [0.25, 0.3) is 0 Å². The highest BCUT2D eigenvalue weighted by molar-refractivity contribution is 6.16. The topological polar surface area (TPSA) is 0 Å². The second-order valence-electron chi connectivity index (χ2n) is 5.35. The summed E-state index contributed by atoms with van der Waals surface area (Å²) in [7, 11) is 0. The Morgan fingerprint density at radius 2 is 1.00 bits per heavy atom. The maximum absolute atomic E-state index is 5.82. The van der Waals surface area contributed by atoms with E-state index in [-0.39, 0.29) is 0 Å². The minimum atomic E-state index is 0.978. The lowest BCUT2D eigenvalue weighted by Crippen LogP contribution is -1.89. The standard InChI is InChI=1S/C22H14/c1-2-17-18-12-6-8-14-20(18)22(16-10-4-3-5-11-16)21-15-9-7-13-19(17)21/h1,3-15H. The Kier molecular flexibility index (Phi) is 2.92. The third kappa shape index (κ3) is 1.80. The van der Waals surface area contributed by atoms with E-state index in [0.717, 1.165) is 16.3 Å². The van der Waals surface area contributed by atoms with Gasteiger partial charge >= 0.3 is 0 Å². The van der Waals surface area contributed by atoms with Crippen molar-refractivity contribution in [1.29, 1.82) is 0 Å². The fraction of sp³-hybridized carbons (Fsp3) is 0. The van der Waals surface area contributed by atoms with Crippen LogP contribution in [0.3, 0.4) is 0 Å². The van der Waals surface area contributed by atoms with Gasteiger partial charge in [0.15, 0.2) is 0 Å². The van der Waals surface area contributed by atoms with Gasteiger partial charge in [-0.2, -0.15) is 0 Å². The van der Waals surface area contributed by atoms with Gasteiger partial charge in [0.2, 0.25) is 0 Å². The first-order chi connectivity index (χ1) is 10.9. The van der Waals surface area contributed by atoms with Gasteiger partial charge in [-0.25, -0.2) is 0 Å². The lowest BCUT2D eigenvalue weighted by Gasteiger charge is -2.14. The lowest BCUT2D eigenvalue weighted by molar-refractivity contribution is 1.66. The van der Waals surface area contributed by atoms with Gasteiger partial charge in [0, 0.05) is 5.56 Å². The minimum Gasteiger partial charge on any atom is -0.115 e. The van der Waals surface area contributed by atoms with E-state index in [1.54, 1.807) is 0 Å². The molecule has 0 saturated heterocycles. The Labute approximate surface area is 130 Å². The number of rotatable bonds is 1. The predicted octanol–water partition coefficient (Wildman–Crippen LogP) is 5.64. The van der Waals surface area contributed by atoms with Gasteiger partial charge in [-0.05, 0) is 32.7 Å². The van der Waals surface area contributed by atoms with Gasteiger partial charge in [-0.15, -0.1) is 6.42 Å². The second-order valence-corrected chi connectivity index (χ2v) is 5.35. The van der Waals surface area contributed by atoms with E-state index in [2.05, 4.69) is 66.6 Å². The first-order valence-electron chi connectivity index (χ1n) is 7.35. The van der Waals surface area contributed by atoms with Crippen LogP contribution in [0.1, 0.15) is 5.56 Å². The lowest BCUT2D eigenvalue weighted by atomic mass is 9.89. The molecule has 0 nitrogen and oxygen atoms in total. The summed E-state index contributed by atoms with van der Waals surface area (Å²) in [5.41, 5.74) is 3.45. The molecule has 0 bridgehead atoms. The van der Waals surface area contributed by atoms with Crippen molar-refractivity contribution in [3.63, 3.8) is 0 Å². The van der Waals surface area contributed by atoms with Crippen LogP contribution in [-0.4, -0.2) is 0 Å². The number of hydrogen-bond acceptors (Lipinski definition) is 0. The number of benzene rings is 4. The van der Waals surface area contributed by atoms with Gasteiger partial charge in [0.05, 0.1) is 0 Å². The van der Waals surface area contributed by atoms with Crippen molar-refractivity contribution in [2.75, 3.05) is 0 Å². The normalized spacial score (nSPS) is 10.7. The summed E-state index contributed by atoms with van der Waals surface area (Å²) in [4.78, 5) is 0. The van der Waals surface area contributed by atoms with Crippen LogP contribution in [-0.2, 0) is 0 Å². The van der Waals surface area contributed by atoms with E-state index in [9.17, 15) is 0 Å². The van der Waals surface area contributed by atoms with E-state index in [1.165, 1.54) is 21.9 Å². The average molecular weight is 278 g/mol. The third-order valence-electron chi connectivity index (χ3n) is 4.14. The fourth-order valence-corrected chi connectivity index (χ4v) is 3.20. The molecule has 0 heteroatoms. The highest BCUT2D eigenvalue weighted by Crippen LogP contribution is 2.38. The maximum atomic E-state index is 5.82. The summed E-state index contributed by atoms with van der Waals surface area (Å²) in [5.74, 6) is 2.89. The van der Waals surface area contributed by atoms with Gasteiger partial charge in [-0.3, -0.25) is 0 Å². The van der Waals surface area contributed by atoms with E-state index in [1.807, 2.05) is 18.2 Å². The molecule has 4 aromatic carbocycles. The molecule has 0 N–H and O–H groups in total. The zero-order chi connectivity index (χ0) is 14.9. The van der Waals surface area contributed by atoms with E-state index < -0.39 is 0 Å². The zero-order valence-electron chi connectivity index (χ0n) is 12.1. The monoisotopic (exact) mass is 278 g/mol. The van der Waals surface area contributed by atoms with Crippen molar-refractivity contribution in [3.8, 4) is 23.5 Å². The van der Waals surface area contributed by atoms with Gasteiger partial charge in [0.1, 0.15) is 0 Å². The Morgan fingerprint density at radius 3 is 1.50 bits per heavy atom. The molecule has 0 aliphatic carbocycles. The van der Waals surface area contributed by atoms with Crippen LogP contribution in [0.2, 0.25) is 0 Å². The summed E-state index contributed by atoms with van der Waals surface area (Å²) < 4.78 is 0. The molecule has 4 aromatic rings. The molecule has 0 aliphatic heterocycles. The first-order valence-corrected chi connectivity index (χ1v) is 7.35. The van der Waals surface area contributed by atoms with Crippen LogP contribution in [0, 0.1) is 12.3 Å². The van der Waals surface area contributed by atoms with Crippen LogP contribution in [0.5, 0.6) is 0 Å². The summed E-state index contributed by atoms with van der Waals surface area (Å²) in [5, 5.41) is 4.70. The number of hydrogen-bond donors (Lipinski definition) is 0. The summed E-state index contributed by atoms with van der Waals surface area (Å²) in [6.07, 6.45) is 5.82. The van der Waals surface area contributed by atoms with E-state index >= 15 is 0 Å². The molecule has 0 aliphatic rings. The zero-order valence-corrected chi connectivity index (χ0v) is 12.1. The second kappa shape index (κ2) is 5.06. The average Bonchev–Trinajstić information content (AvgIpc) is 2.60. The smallest absolute Gasteiger partial charge is 0.0399 e. The van der Waals surface area contributed by atoms with Crippen molar-refractivity contribution in [2.45, 2.75) is 0 Å². The van der Waals surface area contributed by atoms with Crippen molar-refractivity contribution >= 4 is 21.5 Å². The van der Waals surface area contributed by atoms with E-state index in [4.69, 9.17) is 6.42 Å². The molecular formula is C22H14. The molecule has 0 radical (unpaired) electrons. The molecule has 0 saturated carbocycles. The van der Waals surface area contributed by atoms with Crippen molar-refractivity contribution in [3.05, 3.63) is 84.4 Å². The van der Waals surface area contributed by atoms with Crippen molar-refractivity contribution in [2.24, 2.45) is 0 Å². The Balaban J connectivity index is 2.30. The molecule has 4 rings (SSSR count). The maximum Gasteiger partial charge on any atom is 0.0399 e. The highest BCUT2D eigenvalue weighted by Gasteiger charge is 2.13. The van der Waals surface area contributed by atoms with Crippen LogP contribution < -0.4 is 0 Å². The summed E-state index contributed by atoms with van der Waals surface area (Å²) in [6.45, 7) is 0. The van der Waals surface area contributed by atoms with Gasteiger partial charge in [-0.1, -0.05) is 84.8 Å². The Hall–Kier alpha value is -3.04. The molecule has 0 aromatic heterocycles. The molecule has 0 heterocycles.